The van der Waals surface area contributed by atoms with Gasteiger partial charge in [-0.2, -0.15) is 0 Å². The molecule has 0 aliphatic heterocycles. The zero-order valence-electron chi connectivity index (χ0n) is 19.2. The van der Waals surface area contributed by atoms with Gasteiger partial charge in [0, 0.05) is 6.42 Å². The number of halogens is 1. The van der Waals surface area contributed by atoms with Gasteiger partial charge in [-0.3, -0.25) is 4.79 Å². The summed E-state index contributed by atoms with van der Waals surface area (Å²) in [5.41, 5.74) is 4.66. The first-order valence-electron chi connectivity index (χ1n) is 11.0. The predicted octanol–water partition coefficient (Wildman–Crippen LogP) is 6.31. The molecular weight excluding hydrogens is 436 g/mol. The lowest BCUT2D eigenvalue weighted by molar-refractivity contribution is 0.318. The third-order valence-corrected chi connectivity index (χ3v) is 5.99. The summed E-state index contributed by atoms with van der Waals surface area (Å²) in [5, 5.41) is 1.11. The number of benzene rings is 3. The van der Waals surface area contributed by atoms with Gasteiger partial charge in [0.1, 0.15) is 17.3 Å². The Kier molecular flexibility index (Phi) is 6.70. The quantitative estimate of drug-likeness (QED) is 0.349. The van der Waals surface area contributed by atoms with Crippen LogP contribution in [0.25, 0.3) is 22.0 Å². The predicted molar refractivity (Wildman–Crippen MR) is 134 cm³/mol. The summed E-state index contributed by atoms with van der Waals surface area (Å²) >= 11 is 6.45. The van der Waals surface area contributed by atoms with E-state index >= 15 is 0 Å². The average Bonchev–Trinajstić information content (AvgIpc) is 2.79. The van der Waals surface area contributed by atoms with Crippen molar-refractivity contribution in [2.45, 2.75) is 33.1 Å². The third-order valence-electron chi connectivity index (χ3n) is 5.68. The van der Waals surface area contributed by atoms with Gasteiger partial charge in [0.05, 0.1) is 29.6 Å². The molecule has 0 spiro atoms. The molecule has 1 heterocycles. The monoisotopic (exact) mass is 462 g/mol. The number of ether oxygens (including phenoxy) is 2. The Hall–Kier alpha value is -3.31. The number of nitrogens with zero attached hydrogens (tertiary/aromatic N) is 1. The van der Waals surface area contributed by atoms with Crippen molar-refractivity contribution in [1.29, 1.82) is 0 Å². The van der Waals surface area contributed by atoms with Crippen LogP contribution in [0.15, 0.2) is 59.4 Å². The lowest BCUT2D eigenvalue weighted by atomic mass is 9.91. The van der Waals surface area contributed by atoms with Crippen LogP contribution in [-0.4, -0.2) is 23.7 Å². The number of para-hydroxylation sites is 1. The Labute approximate surface area is 198 Å². The maximum atomic E-state index is 12.6. The molecule has 0 radical (unpaired) electrons. The smallest absolute Gasteiger partial charge is 0.258 e. The molecule has 0 atom stereocenters. The third kappa shape index (κ3) is 4.88. The molecule has 1 aromatic heterocycles. The minimum absolute atomic E-state index is 0.142. The molecule has 0 saturated heterocycles. The Morgan fingerprint density at radius 3 is 2.61 bits per heavy atom. The largest absolute Gasteiger partial charge is 0.496 e. The van der Waals surface area contributed by atoms with Crippen LogP contribution >= 0.6 is 11.6 Å². The number of hydrogen-bond acceptors (Lipinski definition) is 4. The molecule has 5 nitrogen and oxygen atoms in total. The van der Waals surface area contributed by atoms with Crippen molar-refractivity contribution in [2.75, 3.05) is 13.7 Å². The Morgan fingerprint density at radius 2 is 1.85 bits per heavy atom. The molecule has 0 bridgehead atoms. The lowest BCUT2D eigenvalue weighted by Gasteiger charge is -2.16. The highest BCUT2D eigenvalue weighted by Crippen LogP contribution is 2.36. The van der Waals surface area contributed by atoms with E-state index < -0.39 is 0 Å². The van der Waals surface area contributed by atoms with Crippen molar-refractivity contribution >= 4 is 22.5 Å². The number of nitrogens with one attached hydrogen (secondary N) is 1. The van der Waals surface area contributed by atoms with E-state index in [4.69, 9.17) is 21.1 Å². The zero-order chi connectivity index (χ0) is 23.5. The number of aryl methyl sites for hydroxylation is 1. The van der Waals surface area contributed by atoms with Crippen LogP contribution in [0.2, 0.25) is 5.02 Å². The number of hydrogen-bond donors (Lipinski definition) is 1. The van der Waals surface area contributed by atoms with E-state index in [2.05, 4.69) is 23.8 Å². The van der Waals surface area contributed by atoms with Gasteiger partial charge in [-0.25, -0.2) is 4.98 Å². The van der Waals surface area contributed by atoms with Crippen LogP contribution in [0.4, 0.5) is 0 Å². The van der Waals surface area contributed by atoms with E-state index in [1.54, 1.807) is 14.0 Å². The Balaban J connectivity index is 1.68. The first-order valence-corrected chi connectivity index (χ1v) is 11.3. The average molecular weight is 463 g/mol. The van der Waals surface area contributed by atoms with E-state index in [9.17, 15) is 4.79 Å². The molecule has 1 N–H and O–H groups in total. The molecule has 0 aliphatic rings. The number of fused-ring (bicyclic) bond motifs is 1. The maximum absolute atomic E-state index is 12.6. The first kappa shape index (κ1) is 22.9. The van der Waals surface area contributed by atoms with Crippen molar-refractivity contribution in [1.82, 2.24) is 9.97 Å². The van der Waals surface area contributed by atoms with E-state index in [1.807, 2.05) is 54.6 Å². The van der Waals surface area contributed by atoms with Crippen molar-refractivity contribution < 1.29 is 9.47 Å². The second-order valence-electron chi connectivity index (χ2n) is 8.32. The number of aromatic nitrogens is 2. The van der Waals surface area contributed by atoms with Gasteiger partial charge >= 0.3 is 0 Å². The second kappa shape index (κ2) is 9.67. The summed E-state index contributed by atoms with van der Waals surface area (Å²) in [7, 11) is 1.66. The Morgan fingerprint density at radius 1 is 1.06 bits per heavy atom. The summed E-state index contributed by atoms with van der Waals surface area (Å²) in [5.74, 6) is 2.30. The molecule has 0 unspecified atom stereocenters. The highest BCUT2D eigenvalue weighted by molar-refractivity contribution is 6.32. The van der Waals surface area contributed by atoms with Crippen molar-refractivity contribution in [2.24, 2.45) is 0 Å². The van der Waals surface area contributed by atoms with E-state index in [0.717, 1.165) is 28.0 Å². The molecule has 0 fully saturated rings. The minimum atomic E-state index is -0.142. The van der Waals surface area contributed by atoms with Crippen LogP contribution in [0.5, 0.6) is 11.5 Å². The normalized spacial score (nSPS) is 11.2. The number of aromatic amines is 1. The zero-order valence-corrected chi connectivity index (χ0v) is 20.0. The molecule has 0 amide bonds. The molecule has 0 aliphatic carbocycles. The van der Waals surface area contributed by atoms with E-state index in [0.29, 0.717) is 40.5 Å². The number of H-pyrrole nitrogens is 1. The maximum Gasteiger partial charge on any atom is 0.258 e. The van der Waals surface area contributed by atoms with Crippen molar-refractivity contribution in [3.63, 3.8) is 0 Å². The van der Waals surface area contributed by atoms with Crippen LogP contribution in [0.3, 0.4) is 0 Å². The highest BCUT2D eigenvalue weighted by Gasteiger charge is 2.15. The lowest BCUT2D eigenvalue weighted by Crippen LogP contribution is -2.10. The van der Waals surface area contributed by atoms with Crippen LogP contribution < -0.4 is 15.0 Å². The van der Waals surface area contributed by atoms with Gasteiger partial charge < -0.3 is 14.5 Å². The minimum Gasteiger partial charge on any atom is -0.496 e. The van der Waals surface area contributed by atoms with Gasteiger partial charge in [0.25, 0.3) is 5.56 Å². The summed E-state index contributed by atoms with van der Waals surface area (Å²) in [6, 6.07) is 17.5. The van der Waals surface area contributed by atoms with Gasteiger partial charge in [0.2, 0.25) is 0 Å². The van der Waals surface area contributed by atoms with Crippen molar-refractivity contribution in [3.05, 3.63) is 86.9 Å². The fraction of sp³-hybridized carbons (Fsp3) is 0.259. The van der Waals surface area contributed by atoms with E-state index in [-0.39, 0.29) is 11.5 Å². The Bertz CT molecular complexity index is 1360. The fourth-order valence-corrected chi connectivity index (χ4v) is 4.18. The second-order valence-corrected chi connectivity index (χ2v) is 8.73. The first-order chi connectivity index (χ1) is 15.9. The number of rotatable bonds is 7. The SMILES string of the molecule is COc1ccccc1CCOc1cc(-c2cc3c(=O)[nH]c(C)nc3cc2C(C)C)ccc1Cl. The number of methoxy groups -OCH3 is 1. The molecule has 0 saturated carbocycles. The van der Waals surface area contributed by atoms with Gasteiger partial charge in [-0.05, 0) is 65.4 Å². The highest BCUT2D eigenvalue weighted by atomic mass is 35.5. The van der Waals surface area contributed by atoms with Gasteiger partial charge in [0.15, 0.2) is 0 Å². The van der Waals surface area contributed by atoms with Crippen LogP contribution in [0.1, 0.15) is 36.7 Å². The molecular formula is C27H27ClN2O3. The fourth-order valence-electron chi connectivity index (χ4n) is 4.01. The molecule has 33 heavy (non-hydrogen) atoms. The van der Waals surface area contributed by atoms with Gasteiger partial charge in [-0.1, -0.05) is 49.7 Å². The summed E-state index contributed by atoms with van der Waals surface area (Å²) in [6.07, 6.45) is 0.693. The molecule has 4 aromatic rings. The van der Waals surface area contributed by atoms with Gasteiger partial charge in [-0.15, -0.1) is 0 Å². The topological polar surface area (TPSA) is 64.2 Å². The molecule has 170 valence electrons. The van der Waals surface area contributed by atoms with E-state index in [1.165, 1.54) is 0 Å². The molecule has 4 rings (SSSR count). The summed E-state index contributed by atoms with van der Waals surface area (Å²) < 4.78 is 11.5. The molecule has 6 heteroatoms. The van der Waals surface area contributed by atoms with Crippen LogP contribution in [0, 0.1) is 6.92 Å². The molecule has 3 aromatic carbocycles. The standard InChI is InChI=1S/C27H27ClN2O3/c1-16(2)20-15-24-22(27(31)30-17(3)29-24)14-21(20)19-9-10-23(28)26(13-19)33-12-11-18-7-5-6-8-25(18)32-4/h5-10,13-16H,11-12H2,1-4H3,(H,29,30,31). The summed E-state index contributed by atoms with van der Waals surface area (Å²) in [6.45, 7) is 6.51. The van der Waals surface area contributed by atoms with Crippen molar-refractivity contribution in [3.8, 4) is 22.6 Å². The summed E-state index contributed by atoms with van der Waals surface area (Å²) in [4.78, 5) is 19.9. The van der Waals surface area contributed by atoms with Crippen LogP contribution in [-0.2, 0) is 6.42 Å².